The molecule has 2 aromatic carbocycles. The molecule has 2 unspecified atom stereocenters. The first-order valence-electron chi connectivity index (χ1n) is 11.2. The first kappa shape index (κ1) is 23.7. The van der Waals surface area contributed by atoms with Crippen LogP contribution in [-0.4, -0.2) is 80.1 Å². The summed E-state index contributed by atoms with van der Waals surface area (Å²) in [6.07, 6.45) is -2.18. The van der Waals surface area contributed by atoms with Crippen molar-refractivity contribution in [3.8, 4) is 11.1 Å². The summed E-state index contributed by atoms with van der Waals surface area (Å²) in [6, 6.07) is 16.2. The van der Waals surface area contributed by atoms with Crippen molar-refractivity contribution in [3.63, 3.8) is 0 Å². The molecule has 9 heteroatoms. The van der Waals surface area contributed by atoms with Gasteiger partial charge in [0.15, 0.2) is 6.10 Å². The molecule has 1 aliphatic heterocycles. The Morgan fingerprint density at radius 2 is 1.76 bits per heavy atom. The highest BCUT2D eigenvalue weighted by molar-refractivity contribution is 5.80. The Balaban J connectivity index is 1.27. The van der Waals surface area contributed by atoms with Gasteiger partial charge in [0, 0.05) is 26.1 Å². The normalized spacial score (nSPS) is 18.0. The molecule has 4 rings (SSSR count). The van der Waals surface area contributed by atoms with Crippen LogP contribution in [0.25, 0.3) is 11.1 Å². The standard InChI is InChI=1S/C25H28N2O7/c1-32-16(12-23(28)27-10-11-33-22(14-27)24(29)30)13-26-25(31)34-15-21-19-8-4-2-6-17(19)18-7-3-5-9-20(18)21/h2-9,16,21-22H,10-15H2,1H3,(H,26,31)(H,29,30). The van der Waals surface area contributed by atoms with Gasteiger partial charge in [-0.25, -0.2) is 9.59 Å². The number of benzene rings is 2. The first-order valence-corrected chi connectivity index (χ1v) is 11.2. The number of methoxy groups -OCH3 is 1. The number of aliphatic carboxylic acids is 1. The zero-order valence-corrected chi connectivity index (χ0v) is 18.9. The quantitative estimate of drug-likeness (QED) is 0.611. The summed E-state index contributed by atoms with van der Waals surface area (Å²) in [5.74, 6) is -1.39. The van der Waals surface area contributed by atoms with Crippen LogP contribution in [0.2, 0.25) is 0 Å². The highest BCUT2D eigenvalue weighted by Crippen LogP contribution is 2.44. The van der Waals surface area contributed by atoms with Gasteiger partial charge >= 0.3 is 12.1 Å². The lowest BCUT2D eigenvalue weighted by molar-refractivity contribution is -0.159. The fourth-order valence-corrected chi connectivity index (χ4v) is 4.43. The number of nitrogens with zero attached hydrogens (tertiary/aromatic N) is 1. The molecule has 180 valence electrons. The number of alkyl carbamates (subject to hydrolysis) is 1. The number of rotatable bonds is 8. The SMILES string of the molecule is COC(CNC(=O)OCC1c2ccccc2-c2ccccc21)CC(=O)N1CCOC(C(=O)O)C1. The van der Waals surface area contributed by atoms with Gasteiger partial charge in [0.05, 0.1) is 25.7 Å². The second-order valence-corrected chi connectivity index (χ2v) is 8.31. The van der Waals surface area contributed by atoms with Gasteiger partial charge in [-0.3, -0.25) is 4.79 Å². The topological polar surface area (TPSA) is 114 Å². The number of fused-ring (bicyclic) bond motifs is 3. The number of ether oxygens (including phenoxy) is 3. The van der Waals surface area contributed by atoms with E-state index in [1.165, 1.54) is 12.0 Å². The second kappa shape index (κ2) is 10.7. The van der Waals surface area contributed by atoms with Crippen molar-refractivity contribution in [2.75, 3.05) is 40.0 Å². The van der Waals surface area contributed by atoms with Gasteiger partial charge in [-0.2, -0.15) is 0 Å². The Bertz CT molecular complexity index is 1010. The molecule has 2 amide bonds. The largest absolute Gasteiger partial charge is 0.479 e. The van der Waals surface area contributed by atoms with E-state index in [0.717, 1.165) is 22.3 Å². The highest BCUT2D eigenvalue weighted by atomic mass is 16.5. The Labute approximate surface area is 197 Å². The number of carboxylic acid groups (broad SMARTS) is 1. The molecule has 0 aromatic heterocycles. The Morgan fingerprint density at radius 3 is 2.38 bits per heavy atom. The summed E-state index contributed by atoms with van der Waals surface area (Å²) >= 11 is 0. The maximum atomic E-state index is 12.6. The minimum atomic E-state index is -1.10. The van der Waals surface area contributed by atoms with Crippen molar-refractivity contribution in [3.05, 3.63) is 59.7 Å². The van der Waals surface area contributed by atoms with Crippen LogP contribution < -0.4 is 5.32 Å². The molecule has 1 saturated heterocycles. The highest BCUT2D eigenvalue weighted by Gasteiger charge is 2.31. The van der Waals surface area contributed by atoms with E-state index in [2.05, 4.69) is 17.4 Å². The van der Waals surface area contributed by atoms with Crippen molar-refractivity contribution >= 4 is 18.0 Å². The van der Waals surface area contributed by atoms with Gasteiger partial charge in [0.2, 0.25) is 5.91 Å². The van der Waals surface area contributed by atoms with Gasteiger partial charge in [0.1, 0.15) is 6.61 Å². The van der Waals surface area contributed by atoms with E-state index < -0.39 is 24.3 Å². The lowest BCUT2D eigenvalue weighted by Gasteiger charge is -2.31. The van der Waals surface area contributed by atoms with E-state index in [1.807, 2.05) is 36.4 Å². The molecule has 9 nitrogen and oxygen atoms in total. The third-order valence-corrected chi connectivity index (χ3v) is 6.25. The number of amides is 2. The minimum Gasteiger partial charge on any atom is -0.479 e. The van der Waals surface area contributed by atoms with Crippen molar-refractivity contribution < 1.29 is 33.7 Å². The van der Waals surface area contributed by atoms with Crippen LogP contribution >= 0.6 is 0 Å². The second-order valence-electron chi connectivity index (χ2n) is 8.31. The monoisotopic (exact) mass is 468 g/mol. The first-order chi connectivity index (χ1) is 16.5. The molecule has 2 aliphatic rings. The van der Waals surface area contributed by atoms with Crippen LogP contribution in [0.15, 0.2) is 48.5 Å². The fraction of sp³-hybridized carbons (Fsp3) is 0.400. The van der Waals surface area contributed by atoms with Crippen LogP contribution in [0.3, 0.4) is 0 Å². The zero-order chi connectivity index (χ0) is 24.1. The molecule has 2 N–H and O–H groups in total. The predicted molar refractivity (Wildman–Crippen MR) is 122 cm³/mol. The lowest BCUT2D eigenvalue weighted by atomic mass is 9.98. The summed E-state index contributed by atoms with van der Waals surface area (Å²) in [6.45, 7) is 0.758. The summed E-state index contributed by atoms with van der Waals surface area (Å²) in [4.78, 5) is 37.5. The Morgan fingerprint density at radius 1 is 1.12 bits per heavy atom. The average molecular weight is 469 g/mol. The van der Waals surface area contributed by atoms with Crippen LogP contribution in [0.1, 0.15) is 23.5 Å². The van der Waals surface area contributed by atoms with E-state index in [-0.39, 0.29) is 44.5 Å². The molecule has 34 heavy (non-hydrogen) atoms. The number of carbonyl (C=O) groups is 3. The molecule has 1 heterocycles. The number of carbonyl (C=O) groups excluding carboxylic acids is 2. The molecule has 0 bridgehead atoms. The number of morpholine rings is 1. The maximum absolute atomic E-state index is 12.6. The molecule has 2 aromatic rings. The predicted octanol–water partition coefficient (Wildman–Crippen LogP) is 2.24. The summed E-state index contributed by atoms with van der Waals surface area (Å²) in [5, 5.41) is 11.8. The molecular formula is C25H28N2O7. The van der Waals surface area contributed by atoms with Gasteiger partial charge < -0.3 is 29.5 Å². The number of carboxylic acids is 1. The van der Waals surface area contributed by atoms with Gasteiger partial charge in [-0.05, 0) is 22.3 Å². The smallest absolute Gasteiger partial charge is 0.407 e. The van der Waals surface area contributed by atoms with E-state index in [9.17, 15) is 14.4 Å². The lowest BCUT2D eigenvalue weighted by Crippen LogP contribution is -2.49. The molecule has 1 aliphatic carbocycles. The molecule has 2 atom stereocenters. The van der Waals surface area contributed by atoms with Crippen LogP contribution in [0, 0.1) is 0 Å². The van der Waals surface area contributed by atoms with Gasteiger partial charge in [-0.1, -0.05) is 48.5 Å². The van der Waals surface area contributed by atoms with Crippen LogP contribution in [-0.2, 0) is 23.8 Å². The Kier molecular flexibility index (Phi) is 7.44. The zero-order valence-electron chi connectivity index (χ0n) is 18.9. The molecule has 1 fully saturated rings. The third kappa shape index (κ3) is 5.21. The van der Waals surface area contributed by atoms with Gasteiger partial charge in [-0.15, -0.1) is 0 Å². The summed E-state index contributed by atoms with van der Waals surface area (Å²) < 4.78 is 16.0. The molecular weight excluding hydrogens is 440 g/mol. The van der Waals surface area contributed by atoms with E-state index in [0.29, 0.717) is 6.54 Å². The molecule has 0 spiro atoms. The molecule has 0 radical (unpaired) electrons. The summed E-state index contributed by atoms with van der Waals surface area (Å²) in [7, 11) is 1.46. The van der Waals surface area contributed by atoms with Crippen molar-refractivity contribution in [2.45, 2.75) is 24.5 Å². The fourth-order valence-electron chi connectivity index (χ4n) is 4.43. The van der Waals surface area contributed by atoms with Crippen molar-refractivity contribution in [2.24, 2.45) is 0 Å². The number of hydrogen-bond acceptors (Lipinski definition) is 6. The number of hydrogen-bond donors (Lipinski definition) is 2. The average Bonchev–Trinajstić information content (AvgIpc) is 3.18. The molecule has 0 saturated carbocycles. The number of nitrogens with one attached hydrogen (secondary N) is 1. The maximum Gasteiger partial charge on any atom is 0.407 e. The third-order valence-electron chi connectivity index (χ3n) is 6.25. The van der Waals surface area contributed by atoms with E-state index >= 15 is 0 Å². The van der Waals surface area contributed by atoms with Crippen LogP contribution in [0.5, 0.6) is 0 Å². The minimum absolute atomic E-state index is 0.00644. The summed E-state index contributed by atoms with van der Waals surface area (Å²) in [5.41, 5.74) is 4.56. The van der Waals surface area contributed by atoms with E-state index in [1.54, 1.807) is 0 Å². The van der Waals surface area contributed by atoms with Crippen molar-refractivity contribution in [1.82, 2.24) is 10.2 Å². The van der Waals surface area contributed by atoms with Gasteiger partial charge in [0.25, 0.3) is 0 Å². The van der Waals surface area contributed by atoms with Crippen LogP contribution in [0.4, 0.5) is 4.79 Å². The Hall–Kier alpha value is -3.43. The van der Waals surface area contributed by atoms with E-state index in [4.69, 9.17) is 19.3 Å². The van der Waals surface area contributed by atoms with Crippen molar-refractivity contribution in [1.29, 1.82) is 0 Å².